The van der Waals surface area contributed by atoms with Crippen LogP contribution in [0.25, 0.3) is 11.1 Å². The minimum atomic E-state index is -3.54. The largest absolute Gasteiger partial charge is 0.417 e. The molecule has 8 heteroatoms. The van der Waals surface area contributed by atoms with Crippen molar-refractivity contribution in [1.29, 1.82) is 0 Å². The summed E-state index contributed by atoms with van der Waals surface area (Å²) in [5.41, 5.74) is 1.09. The Kier molecular flexibility index (Phi) is 2.64. The third-order valence-electron chi connectivity index (χ3n) is 1.84. The number of sulfonamides is 1. The summed E-state index contributed by atoms with van der Waals surface area (Å²) >= 11 is 5.24. The predicted molar refractivity (Wildman–Crippen MR) is 60.1 cm³/mol. The van der Waals surface area contributed by atoms with Crippen molar-refractivity contribution < 1.29 is 12.8 Å². The van der Waals surface area contributed by atoms with E-state index in [4.69, 9.17) is 16.0 Å². The van der Waals surface area contributed by atoms with E-state index in [0.717, 1.165) is 0 Å². The third kappa shape index (κ3) is 2.20. The number of anilines is 1. The minimum Gasteiger partial charge on any atom is -0.408 e. The molecule has 0 atom stereocenters. The first kappa shape index (κ1) is 11.0. The molecule has 0 aliphatic carbocycles. The number of benzene rings is 1. The maximum absolute atomic E-state index is 11.2. The van der Waals surface area contributed by atoms with Gasteiger partial charge in [-0.15, -0.1) is 11.6 Å². The van der Waals surface area contributed by atoms with Crippen LogP contribution in [-0.4, -0.2) is 18.6 Å². The quantitative estimate of drug-likeness (QED) is 0.809. The number of aromatic amines is 1. The molecule has 2 aromatic rings. The maximum atomic E-state index is 11.2. The molecule has 16 heavy (non-hydrogen) atoms. The topological polar surface area (TPSA) is 92.2 Å². The van der Waals surface area contributed by atoms with Gasteiger partial charge in [-0.3, -0.25) is 9.71 Å². The summed E-state index contributed by atoms with van der Waals surface area (Å²) in [6.45, 7) is 0. The Labute approximate surface area is 95.3 Å². The van der Waals surface area contributed by atoms with E-state index in [1.807, 2.05) is 0 Å². The summed E-state index contributed by atoms with van der Waals surface area (Å²) in [6, 6.07) is 4.41. The molecule has 86 valence electrons. The zero-order chi connectivity index (χ0) is 11.8. The zero-order valence-corrected chi connectivity index (χ0v) is 9.43. The van der Waals surface area contributed by atoms with E-state index < -0.39 is 21.0 Å². The summed E-state index contributed by atoms with van der Waals surface area (Å²) in [6.07, 6.45) is 0. The minimum absolute atomic E-state index is 0.310. The van der Waals surface area contributed by atoms with Crippen molar-refractivity contribution in [1.82, 2.24) is 4.98 Å². The van der Waals surface area contributed by atoms with Gasteiger partial charge < -0.3 is 4.42 Å². The van der Waals surface area contributed by atoms with Gasteiger partial charge in [0.05, 0.1) is 11.2 Å². The first-order chi connectivity index (χ1) is 7.50. The van der Waals surface area contributed by atoms with E-state index in [1.54, 1.807) is 0 Å². The lowest BCUT2D eigenvalue weighted by molar-refractivity contribution is 0.555. The van der Waals surface area contributed by atoms with Crippen LogP contribution in [-0.2, 0) is 10.0 Å². The smallest absolute Gasteiger partial charge is 0.408 e. The first-order valence-electron chi connectivity index (χ1n) is 4.19. The Hall–Kier alpha value is -1.47. The number of alkyl halides is 1. The predicted octanol–water partition coefficient (Wildman–Crippen LogP) is 1.06. The molecule has 0 aliphatic heterocycles. The summed E-state index contributed by atoms with van der Waals surface area (Å²) in [7, 11) is -3.54. The van der Waals surface area contributed by atoms with E-state index in [0.29, 0.717) is 16.8 Å². The molecule has 6 nitrogen and oxygen atoms in total. The van der Waals surface area contributed by atoms with E-state index >= 15 is 0 Å². The molecule has 1 heterocycles. The van der Waals surface area contributed by atoms with E-state index in [2.05, 4.69) is 9.71 Å². The highest BCUT2D eigenvalue weighted by atomic mass is 35.5. The first-order valence-corrected chi connectivity index (χ1v) is 6.38. The average Bonchev–Trinajstić information content (AvgIpc) is 2.57. The molecule has 0 unspecified atom stereocenters. The Bertz CT molecular complexity index is 673. The van der Waals surface area contributed by atoms with Gasteiger partial charge in [0.25, 0.3) is 0 Å². The van der Waals surface area contributed by atoms with Crippen molar-refractivity contribution in [3.8, 4) is 0 Å². The van der Waals surface area contributed by atoms with Gasteiger partial charge >= 0.3 is 5.76 Å². The molecule has 0 spiro atoms. The van der Waals surface area contributed by atoms with Crippen LogP contribution in [0.5, 0.6) is 0 Å². The van der Waals surface area contributed by atoms with Crippen molar-refractivity contribution in [3.05, 3.63) is 28.7 Å². The van der Waals surface area contributed by atoms with Crippen LogP contribution < -0.4 is 10.5 Å². The van der Waals surface area contributed by atoms with Crippen LogP contribution >= 0.6 is 11.6 Å². The number of oxazole rings is 1. The van der Waals surface area contributed by atoms with Gasteiger partial charge in [0.1, 0.15) is 5.21 Å². The van der Waals surface area contributed by atoms with Crippen LogP contribution in [0.2, 0.25) is 0 Å². The molecule has 2 rings (SSSR count). The normalized spacial score (nSPS) is 11.8. The second kappa shape index (κ2) is 3.84. The molecular weight excluding hydrogens is 256 g/mol. The molecule has 0 saturated heterocycles. The summed E-state index contributed by atoms with van der Waals surface area (Å²) in [4.78, 5) is 13.3. The lowest BCUT2D eigenvalue weighted by Crippen LogP contribution is -2.13. The van der Waals surface area contributed by atoms with Crippen LogP contribution in [0, 0.1) is 0 Å². The number of halogens is 1. The van der Waals surface area contributed by atoms with E-state index in [-0.39, 0.29) is 0 Å². The number of hydrogen-bond acceptors (Lipinski definition) is 4. The fraction of sp³-hybridized carbons (Fsp3) is 0.125. The number of H-pyrrole nitrogens is 1. The van der Waals surface area contributed by atoms with Gasteiger partial charge in [-0.2, -0.15) is 0 Å². The fourth-order valence-corrected chi connectivity index (χ4v) is 1.93. The van der Waals surface area contributed by atoms with Gasteiger partial charge in [-0.05, 0) is 18.2 Å². The Morgan fingerprint density at radius 3 is 2.88 bits per heavy atom. The third-order valence-corrected chi connectivity index (χ3v) is 3.53. The highest BCUT2D eigenvalue weighted by Crippen LogP contribution is 2.17. The maximum Gasteiger partial charge on any atom is 0.417 e. The van der Waals surface area contributed by atoms with Crippen LogP contribution in [0.3, 0.4) is 0 Å². The summed E-state index contributed by atoms with van der Waals surface area (Å²) < 4.78 is 29.4. The molecule has 0 radical (unpaired) electrons. The average molecular weight is 263 g/mol. The lowest BCUT2D eigenvalue weighted by Gasteiger charge is -2.03. The number of fused-ring (bicyclic) bond motifs is 1. The number of hydrogen-bond donors (Lipinski definition) is 2. The Morgan fingerprint density at radius 2 is 2.19 bits per heavy atom. The molecular formula is C8H7ClN2O4S. The molecule has 0 fully saturated rings. The highest BCUT2D eigenvalue weighted by Gasteiger charge is 2.09. The molecule has 0 bridgehead atoms. The molecule has 0 saturated carbocycles. The molecule has 1 aromatic heterocycles. The Balaban J connectivity index is 2.43. The second-order valence-corrected chi connectivity index (χ2v) is 5.36. The van der Waals surface area contributed by atoms with Crippen molar-refractivity contribution >= 4 is 38.4 Å². The van der Waals surface area contributed by atoms with Crippen molar-refractivity contribution in [2.75, 3.05) is 9.93 Å². The molecule has 2 N–H and O–H groups in total. The Morgan fingerprint density at radius 1 is 1.44 bits per heavy atom. The fourth-order valence-electron chi connectivity index (χ4n) is 1.22. The number of rotatable bonds is 3. The van der Waals surface area contributed by atoms with Crippen molar-refractivity contribution in [2.24, 2.45) is 0 Å². The number of nitrogens with one attached hydrogen (secondary N) is 2. The van der Waals surface area contributed by atoms with Crippen molar-refractivity contribution in [3.63, 3.8) is 0 Å². The zero-order valence-electron chi connectivity index (χ0n) is 7.86. The standard InChI is InChI=1S/C8H7ClN2O4S/c9-4-16(13,14)11-5-1-2-7-6(3-5)10-8(12)15-7/h1-3,11H,4H2,(H,10,12). The van der Waals surface area contributed by atoms with Crippen LogP contribution in [0.4, 0.5) is 5.69 Å². The van der Waals surface area contributed by atoms with Gasteiger partial charge in [0, 0.05) is 0 Å². The van der Waals surface area contributed by atoms with Gasteiger partial charge in [0.15, 0.2) is 5.58 Å². The van der Waals surface area contributed by atoms with Gasteiger partial charge in [-0.25, -0.2) is 13.2 Å². The van der Waals surface area contributed by atoms with Crippen LogP contribution in [0.15, 0.2) is 27.4 Å². The molecule has 0 amide bonds. The second-order valence-electron chi connectivity index (χ2n) is 3.05. The van der Waals surface area contributed by atoms with E-state index in [9.17, 15) is 13.2 Å². The van der Waals surface area contributed by atoms with Crippen LogP contribution in [0.1, 0.15) is 0 Å². The van der Waals surface area contributed by atoms with E-state index in [1.165, 1.54) is 18.2 Å². The van der Waals surface area contributed by atoms with Gasteiger partial charge in [0.2, 0.25) is 10.0 Å². The number of aromatic nitrogens is 1. The van der Waals surface area contributed by atoms with Crippen molar-refractivity contribution in [2.45, 2.75) is 0 Å². The summed E-state index contributed by atoms with van der Waals surface area (Å²) in [5.74, 6) is -0.590. The molecule has 1 aromatic carbocycles. The summed E-state index contributed by atoms with van der Waals surface area (Å²) in [5, 5.41) is -0.535. The highest BCUT2D eigenvalue weighted by molar-refractivity contribution is 7.93. The lowest BCUT2D eigenvalue weighted by atomic mass is 10.3. The SMILES string of the molecule is O=c1[nH]c2cc(NS(=O)(=O)CCl)ccc2o1. The molecule has 0 aliphatic rings. The monoisotopic (exact) mass is 262 g/mol. The van der Waals surface area contributed by atoms with Gasteiger partial charge in [-0.1, -0.05) is 0 Å².